The molecule has 1 saturated carbocycles. The van der Waals surface area contributed by atoms with E-state index in [1.807, 2.05) is 26.8 Å². The van der Waals surface area contributed by atoms with Gasteiger partial charge < -0.3 is 15.4 Å². The van der Waals surface area contributed by atoms with E-state index in [1.54, 1.807) is 13.0 Å². The summed E-state index contributed by atoms with van der Waals surface area (Å²) in [4.78, 5) is 11.9. The van der Waals surface area contributed by atoms with Crippen molar-refractivity contribution in [2.75, 3.05) is 5.32 Å². The van der Waals surface area contributed by atoms with Crippen LogP contribution in [-0.2, 0) is 4.74 Å². The summed E-state index contributed by atoms with van der Waals surface area (Å²) in [5.41, 5.74) is 0.940. The Labute approximate surface area is 137 Å². The molecular formula is C18H27FN2O2. The summed E-state index contributed by atoms with van der Waals surface area (Å²) in [5.74, 6) is -0.200. The molecule has 1 amide bonds. The molecule has 2 N–H and O–H groups in total. The van der Waals surface area contributed by atoms with Gasteiger partial charge in [0.05, 0.1) is 0 Å². The maximum Gasteiger partial charge on any atom is 0.407 e. The molecule has 1 fully saturated rings. The van der Waals surface area contributed by atoms with Crippen molar-refractivity contribution in [3.05, 3.63) is 29.6 Å². The Balaban J connectivity index is 1.88. The van der Waals surface area contributed by atoms with Gasteiger partial charge in [0.15, 0.2) is 0 Å². The Bertz CT molecular complexity index is 554. The van der Waals surface area contributed by atoms with Gasteiger partial charge in [-0.3, -0.25) is 0 Å². The van der Waals surface area contributed by atoms with Crippen molar-refractivity contribution in [1.82, 2.24) is 5.32 Å². The summed E-state index contributed by atoms with van der Waals surface area (Å²) < 4.78 is 18.9. The van der Waals surface area contributed by atoms with E-state index in [0.717, 1.165) is 31.4 Å². The monoisotopic (exact) mass is 322 g/mol. The van der Waals surface area contributed by atoms with Gasteiger partial charge in [-0.05, 0) is 71.1 Å². The van der Waals surface area contributed by atoms with Gasteiger partial charge >= 0.3 is 6.09 Å². The molecule has 0 bridgehead atoms. The minimum atomic E-state index is -0.490. The van der Waals surface area contributed by atoms with Crippen LogP contribution in [0.5, 0.6) is 0 Å². The van der Waals surface area contributed by atoms with Gasteiger partial charge in [-0.2, -0.15) is 0 Å². The van der Waals surface area contributed by atoms with Crippen molar-refractivity contribution in [3.63, 3.8) is 0 Å². The summed E-state index contributed by atoms with van der Waals surface area (Å²) in [7, 11) is 0. The molecule has 1 aliphatic rings. The highest BCUT2D eigenvalue weighted by atomic mass is 19.1. The molecule has 0 heterocycles. The number of nitrogens with one attached hydrogen (secondary N) is 2. The van der Waals surface area contributed by atoms with Crippen molar-refractivity contribution in [2.45, 2.75) is 71.1 Å². The normalized spacial score (nSPS) is 21.6. The van der Waals surface area contributed by atoms with Crippen molar-refractivity contribution < 1.29 is 13.9 Å². The van der Waals surface area contributed by atoms with Crippen LogP contribution in [0.1, 0.15) is 52.0 Å². The first-order valence-corrected chi connectivity index (χ1v) is 8.25. The molecule has 5 heteroatoms. The van der Waals surface area contributed by atoms with Crippen LogP contribution in [0.3, 0.4) is 0 Å². The Hall–Kier alpha value is -1.78. The van der Waals surface area contributed by atoms with E-state index in [2.05, 4.69) is 10.6 Å². The molecule has 1 aliphatic carbocycles. The number of carbonyl (C=O) groups excluding carboxylic acids is 1. The molecule has 0 aromatic heterocycles. The average molecular weight is 322 g/mol. The predicted octanol–water partition coefficient (Wildman–Crippen LogP) is 4.38. The topological polar surface area (TPSA) is 50.4 Å². The zero-order chi connectivity index (χ0) is 17.0. The van der Waals surface area contributed by atoms with Crippen molar-refractivity contribution >= 4 is 11.8 Å². The predicted molar refractivity (Wildman–Crippen MR) is 90.2 cm³/mol. The maximum atomic E-state index is 13.6. The molecule has 0 aliphatic heterocycles. The number of amides is 1. The molecule has 0 radical (unpaired) electrons. The lowest BCUT2D eigenvalue weighted by Gasteiger charge is -2.31. The molecule has 2 atom stereocenters. The highest BCUT2D eigenvalue weighted by molar-refractivity contribution is 5.68. The summed E-state index contributed by atoms with van der Waals surface area (Å²) in [6, 6.07) is 5.51. The van der Waals surface area contributed by atoms with E-state index in [-0.39, 0.29) is 24.0 Å². The van der Waals surface area contributed by atoms with Gasteiger partial charge in [0, 0.05) is 17.8 Å². The number of aryl methyl sites for hydroxylation is 1. The molecular weight excluding hydrogens is 295 g/mol. The number of halogens is 1. The average Bonchev–Trinajstić information content (AvgIpc) is 2.41. The van der Waals surface area contributed by atoms with Crippen LogP contribution in [0.2, 0.25) is 0 Å². The van der Waals surface area contributed by atoms with Crippen LogP contribution >= 0.6 is 0 Å². The number of carbonyl (C=O) groups is 1. The summed E-state index contributed by atoms with van der Waals surface area (Å²) in [6.07, 6.45) is 3.42. The van der Waals surface area contributed by atoms with Crippen molar-refractivity contribution in [3.8, 4) is 0 Å². The number of alkyl carbamates (subject to hydrolysis) is 1. The van der Waals surface area contributed by atoms with Gasteiger partial charge in [0.1, 0.15) is 11.4 Å². The zero-order valence-electron chi connectivity index (χ0n) is 14.4. The summed E-state index contributed by atoms with van der Waals surface area (Å²) >= 11 is 0. The molecule has 2 unspecified atom stereocenters. The number of rotatable bonds is 3. The number of hydrogen-bond acceptors (Lipinski definition) is 3. The van der Waals surface area contributed by atoms with E-state index in [1.165, 1.54) is 6.07 Å². The van der Waals surface area contributed by atoms with Gasteiger partial charge in [-0.25, -0.2) is 9.18 Å². The van der Waals surface area contributed by atoms with E-state index in [9.17, 15) is 9.18 Å². The minimum absolute atomic E-state index is 0.0893. The third kappa shape index (κ3) is 5.73. The number of ether oxygens (including phenoxy) is 1. The maximum absolute atomic E-state index is 13.6. The summed E-state index contributed by atoms with van der Waals surface area (Å²) in [5, 5.41) is 6.30. The molecule has 128 valence electrons. The first-order chi connectivity index (χ1) is 10.7. The summed E-state index contributed by atoms with van der Waals surface area (Å²) in [6.45, 7) is 7.30. The number of hydrogen-bond donors (Lipinski definition) is 2. The molecule has 0 spiro atoms. The second-order valence-corrected chi connectivity index (χ2v) is 7.31. The second kappa shape index (κ2) is 7.20. The lowest BCUT2D eigenvalue weighted by Crippen LogP contribution is -2.43. The number of anilines is 1. The Kier molecular flexibility index (Phi) is 5.50. The van der Waals surface area contributed by atoms with Crippen LogP contribution in [0.25, 0.3) is 0 Å². The fourth-order valence-electron chi connectivity index (χ4n) is 2.84. The van der Waals surface area contributed by atoms with Crippen LogP contribution in [0.4, 0.5) is 14.9 Å². The SMILES string of the molecule is Cc1ccc(NC2CCCC(NC(=O)OC(C)(C)C)C2)cc1F. The number of benzene rings is 1. The van der Waals surface area contributed by atoms with Gasteiger partial charge in [0.25, 0.3) is 0 Å². The standard InChI is InChI=1S/C18H27FN2O2/c1-12-8-9-15(11-16(12)19)20-13-6-5-7-14(10-13)21-17(22)23-18(2,3)4/h8-9,11,13-14,20H,5-7,10H2,1-4H3,(H,21,22). The Morgan fingerprint density at radius 2 is 1.96 bits per heavy atom. The highest BCUT2D eigenvalue weighted by Crippen LogP contribution is 2.23. The molecule has 4 nitrogen and oxygen atoms in total. The van der Waals surface area contributed by atoms with Gasteiger partial charge in [-0.1, -0.05) is 6.07 Å². The minimum Gasteiger partial charge on any atom is -0.444 e. The van der Waals surface area contributed by atoms with E-state index in [0.29, 0.717) is 5.56 Å². The lowest BCUT2D eigenvalue weighted by atomic mass is 9.91. The smallest absolute Gasteiger partial charge is 0.407 e. The first-order valence-electron chi connectivity index (χ1n) is 8.25. The molecule has 2 rings (SSSR count). The third-order valence-corrected chi connectivity index (χ3v) is 3.94. The molecule has 1 aromatic carbocycles. The van der Waals surface area contributed by atoms with E-state index >= 15 is 0 Å². The first kappa shape index (κ1) is 17.6. The molecule has 1 aromatic rings. The highest BCUT2D eigenvalue weighted by Gasteiger charge is 2.25. The largest absolute Gasteiger partial charge is 0.444 e. The van der Waals surface area contributed by atoms with Crippen LogP contribution in [0, 0.1) is 12.7 Å². The van der Waals surface area contributed by atoms with Crippen LogP contribution in [-0.4, -0.2) is 23.8 Å². The van der Waals surface area contributed by atoms with Crippen LogP contribution < -0.4 is 10.6 Å². The second-order valence-electron chi connectivity index (χ2n) is 7.31. The Morgan fingerprint density at radius 1 is 1.26 bits per heavy atom. The lowest BCUT2D eigenvalue weighted by molar-refractivity contribution is 0.0492. The van der Waals surface area contributed by atoms with E-state index < -0.39 is 5.60 Å². The van der Waals surface area contributed by atoms with Crippen LogP contribution in [0.15, 0.2) is 18.2 Å². The molecule has 23 heavy (non-hydrogen) atoms. The Morgan fingerprint density at radius 3 is 2.61 bits per heavy atom. The molecule has 0 saturated heterocycles. The quantitative estimate of drug-likeness (QED) is 0.868. The fraction of sp³-hybridized carbons (Fsp3) is 0.611. The van der Waals surface area contributed by atoms with Gasteiger partial charge in [-0.15, -0.1) is 0 Å². The van der Waals surface area contributed by atoms with E-state index in [4.69, 9.17) is 4.74 Å². The fourth-order valence-corrected chi connectivity index (χ4v) is 2.84. The van der Waals surface area contributed by atoms with Crippen molar-refractivity contribution in [2.24, 2.45) is 0 Å². The van der Waals surface area contributed by atoms with Gasteiger partial charge in [0.2, 0.25) is 0 Å². The van der Waals surface area contributed by atoms with Crippen molar-refractivity contribution in [1.29, 1.82) is 0 Å². The zero-order valence-corrected chi connectivity index (χ0v) is 14.4. The third-order valence-electron chi connectivity index (χ3n) is 3.94.